The fraction of sp³-hybridized carbons (Fsp3) is 0.400. The second-order valence-corrected chi connectivity index (χ2v) is 3.76. The first-order valence-electron chi connectivity index (χ1n) is 3.90. The highest BCUT2D eigenvalue weighted by Gasteiger charge is 2.05. The van der Waals surface area contributed by atoms with Gasteiger partial charge in [-0.05, 0) is 26.3 Å². The second kappa shape index (κ2) is 2.95. The van der Waals surface area contributed by atoms with Gasteiger partial charge in [-0.1, -0.05) is 24.3 Å². The lowest BCUT2D eigenvalue weighted by Crippen LogP contribution is -2.31. The topological polar surface area (TPSA) is 12.0 Å². The van der Waals surface area contributed by atoms with Gasteiger partial charge in [0.25, 0.3) is 0 Å². The minimum atomic E-state index is 0.164. The van der Waals surface area contributed by atoms with Crippen LogP contribution in [0.2, 0.25) is 0 Å². The van der Waals surface area contributed by atoms with Crippen LogP contribution in [0.15, 0.2) is 36.1 Å². The smallest absolute Gasteiger partial charge is 0.0284 e. The maximum Gasteiger partial charge on any atom is 0.0284 e. The standard InChI is InChI=1S/C10H15N/c1-10(2,3)11-8-9-6-4-5-7-9/h4-8,11H,1-3H3. The van der Waals surface area contributed by atoms with E-state index in [0.29, 0.717) is 0 Å². The number of hydrogen-bond donors (Lipinski definition) is 1. The van der Waals surface area contributed by atoms with Gasteiger partial charge in [0, 0.05) is 11.7 Å². The van der Waals surface area contributed by atoms with E-state index in [1.54, 1.807) is 0 Å². The Labute approximate surface area is 68.5 Å². The van der Waals surface area contributed by atoms with Crippen molar-refractivity contribution < 1.29 is 0 Å². The van der Waals surface area contributed by atoms with Gasteiger partial charge in [-0.15, -0.1) is 0 Å². The van der Waals surface area contributed by atoms with Crippen molar-refractivity contribution in [2.45, 2.75) is 26.3 Å². The van der Waals surface area contributed by atoms with E-state index < -0.39 is 0 Å². The van der Waals surface area contributed by atoms with Crippen molar-refractivity contribution in [3.8, 4) is 0 Å². The summed E-state index contributed by atoms with van der Waals surface area (Å²) in [4.78, 5) is 0. The number of hydrogen-bond acceptors (Lipinski definition) is 1. The molecular formula is C10H15N. The van der Waals surface area contributed by atoms with Crippen molar-refractivity contribution in [3.63, 3.8) is 0 Å². The summed E-state index contributed by atoms with van der Waals surface area (Å²) >= 11 is 0. The van der Waals surface area contributed by atoms with Gasteiger partial charge in [-0.2, -0.15) is 0 Å². The molecule has 0 aromatic carbocycles. The first-order valence-corrected chi connectivity index (χ1v) is 3.90. The third-order valence-electron chi connectivity index (χ3n) is 1.36. The summed E-state index contributed by atoms with van der Waals surface area (Å²) in [7, 11) is 0. The minimum absolute atomic E-state index is 0.164. The molecule has 1 heteroatoms. The molecule has 0 heterocycles. The molecule has 0 amide bonds. The lowest BCUT2D eigenvalue weighted by molar-refractivity contribution is 0.490. The average Bonchev–Trinajstić information content (AvgIpc) is 2.32. The maximum atomic E-state index is 3.30. The van der Waals surface area contributed by atoms with Crippen molar-refractivity contribution in [2.75, 3.05) is 0 Å². The van der Waals surface area contributed by atoms with Gasteiger partial charge < -0.3 is 5.32 Å². The molecule has 0 radical (unpaired) electrons. The van der Waals surface area contributed by atoms with Crippen molar-refractivity contribution in [1.82, 2.24) is 5.32 Å². The van der Waals surface area contributed by atoms with Gasteiger partial charge in [0.2, 0.25) is 0 Å². The van der Waals surface area contributed by atoms with Crippen LogP contribution >= 0.6 is 0 Å². The molecule has 0 aromatic heterocycles. The largest absolute Gasteiger partial charge is 0.386 e. The van der Waals surface area contributed by atoms with Crippen LogP contribution in [0.1, 0.15) is 20.8 Å². The minimum Gasteiger partial charge on any atom is -0.386 e. The summed E-state index contributed by atoms with van der Waals surface area (Å²) in [5.41, 5.74) is 1.40. The first kappa shape index (κ1) is 8.12. The Morgan fingerprint density at radius 2 is 1.73 bits per heavy atom. The van der Waals surface area contributed by atoms with Crippen molar-refractivity contribution >= 4 is 0 Å². The van der Waals surface area contributed by atoms with Gasteiger partial charge >= 0.3 is 0 Å². The summed E-state index contributed by atoms with van der Waals surface area (Å²) in [5, 5.41) is 3.30. The highest BCUT2D eigenvalue weighted by Crippen LogP contribution is 2.07. The van der Waals surface area contributed by atoms with Gasteiger partial charge in [-0.3, -0.25) is 0 Å². The summed E-state index contributed by atoms with van der Waals surface area (Å²) in [5.74, 6) is 0. The summed E-state index contributed by atoms with van der Waals surface area (Å²) in [6.07, 6.45) is 10.3. The van der Waals surface area contributed by atoms with Gasteiger partial charge in [0.1, 0.15) is 0 Å². The maximum absolute atomic E-state index is 3.30. The highest BCUT2D eigenvalue weighted by atomic mass is 14.9. The van der Waals surface area contributed by atoms with Crippen LogP contribution in [0.3, 0.4) is 0 Å². The molecule has 0 spiro atoms. The van der Waals surface area contributed by atoms with E-state index in [4.69, 9.17) is 0 Å². The zero-order valence-electron chi connectivity index (χ0n) is 7.39. The number of nitrogens with one attached hydrogen (secondary N) is 1. The third kappa shape index (κ3) is 3.08. The molecule has 0 bridgehead atoms. The number of rotatable bonds is 1. The molecule has 1 aliphatic carbocycles. The molecule has 60 valence electrons. The molecule has 0 aromatic rings. The molecule has 1 N–H and O–H groups in total. The van der Waals surface area contributed by atoms with E-state index in [2.05, 4.69) is 38.2 Å². The Kier molecular flexibility index (Phi) is 2.18. The van der Waals surface area contributed by atoms with Crippen molar-refractivity contribution in [1.29, 1.82) is 0 Å². The van der Waals surface area contributed by atoms with Crippen LogP contribution in [0.25, 0.3) is 0 Å². The summed E-state index contributed by atoms with van der Waals surface area (Å²) < 4.78 is 0. The molecule has 1 nitrogen and oxygen atoms in total. The Bertz CT molecular complexity index is 200. The molecule has 0 atom stereocenters. The summed E-state index contributed by atoms with van der Waals surface area (Å²) in [6, 6.07) is 0. The molecule has 0 unspecified atom stereocenters. The Balaban J connectivity index is 2.48. The molecule has 0 fully saturated rings. The van der Waals surface area contributed by atoms with Crippen LogP contribution in [0.4, 0.5) is 0 Å². The molecule has 1 aliphatic rings. The Morgan fingerprint density at radius 3 is 2.18 bits per heavy atom. The van der Waals surface area contributed by atoms with Gasteiger partial charge in [0.15, 0.2) is 0 Å². The van der Waals surface area contributed by atoms with Gasteiger partial charge in [0.05, 0.1) is 0 Å². The van der Waals surface area contributed by atoms with Crippen LogP contribution in [0.5, 0.6) is 0 Å². The predicted octanol–water partition coefficient (Wildman–Crippen LogP) is 2.38. The average molecular weight is 149 g/mol. The van der Waals surface area contributed by atoms with E-state index in [1.807, 2.05) is 18.4 Å². The Morgan fingerprint density at radius 1 is 1.18 bits per heavy atom. The Hall–Kier alpha value is -0.980. The normalized spacial score (nSPS) is 15.7. The second-order valence-electron chi connectivity index (χ2n) is 3.76. The molecule has 0 saturated heterocycles. The highest BCUT2D eigenvalue weighted by molar-refractivity contribution is 5.39. The SMILES string of the molecule is CC(C)(C)NC=C1C=CC=C1. The lowest BCUT2D eigenvalue weighted by Gasteiger charge is -2.18. The molecule has 1 rings (SSSR count). The zero-order valence-corrected chi connectivity index (χ0v) is 7.39. The fourth-order valence-electron chi connectivity index (χ4n) is 0.785. The number of allylic oxidation sites excluding steroid dienone is 5. The van der Waals surface area contributed by atoms with E-state index in [0.717, 1.165) is 0 Å². The lowest BCUT2D eigenvalue weighted by atomic mass is 10.1. The first-order chi connectivity index (χ1) is 5.08. The van der Waals surface area contributed by atoms with E-state index in [9.17, 15) is 0 Å². The van der Waals surface area contributed by atoms with Crippen LogP contribution in [0, 0.1) is 0 Å². The molecule has 11 heavy (non-hydrogen) atoms. The van der Waals surface area contributed by atoms with Crippen LogP contribution < -0.4 is 5.32 Å². The van der Waals surface area contributed by atoms with E-state index >= 15 is 0 Å². The van der Waals surface area contributed by atoms with Crippen molar-refractivity contribution in [3.05, 3.63) is 36.1 Å². The van der Waals surface area contributed by atoms with Crippen LogP contribution in [-0.2, 0) is 0 Å². The van der Waals surface area contributed by atoms with E-state index in [1.165, 1.54) is 5.57 Å². The van der Waals surface area contributed by atoms with E-state index in [-0.39, 0.29) is 5.54 Å². The monoisotopic (exact) mass is 149 g/mol. The fourth-order valence-corrected chi connectivity index (χ4v) is 0.785. The third-order valence-corrected chi connectivity index (χ3v) is 1.36. The quantitative estimate of drug-likeness (QED) is 0.603. The molecule has 0 saturated carbocycles. The summed E-state index contributed by atoms with van der Waals surface area (Å²) in [6.45, 7) is 6.44. The van der Waals surface area contributed by atoms with Crippen molar-refractivity contribution in [2.24, 2.45) is 0 Å². The van der Waals surface area contributed by atoms with Crippen LogP contribution in [-0.4, -0.2) is 5.54 Å². The zero-order chi connectivity index (χ0) is 8.32. The van der Waals surface area contributed by atoms with Gasteiger partial charge in [-0.25, -0.2) is 0 Å². The predicted molar refractivity (Wildman–Crippen MR) is 49.3 cm³/mol. The molecule has 0 aliphatic heterocycles. The molecular weight excluding hydrogens is 134 g/mol.